The van der Waals surface area contributed by atoms with Crippen molar-refractivity contribution in [1.82, 2.24) is 0 Å². The van der Waals surface area contributed by atoms with Crippen molar-refractivity contribution in [1.29, 1.82) is 5.26 Å². The van der Waals surface area contributed by atoms with Crippen LogP contribution in [-0.4, -0.2) is 0 Å². The van der Waals surface area contributed by atoms with Gasteiger partial charge in [-0.1, -0.05) is 39.7 Å². The lowest BCUT2D eigenvalue weighted by atomic mass is 10.2. The third-order valence-electron chi connectivity index (χ3n) is 2.35. The molecule has 0 spiro atoms. The van der Waals surface area contributed by atoms with Crippen molar-refractivity contribution in [2.75, 3.05) is 0 Å². The summed E-state index contributed by atoms with van der Waals surface area (Å²) in [6, 6.07) is 14.9. The van der Waals surface area contributed by atoms with Crippen LogP contribution in [0.15, 0.2) is 46.9 Å². The van der Waals surface area contributed by atoms with Gasteiger partial charge in [0.15, 0.2) is 0 Å². The number of hydrogen-bond donors (Lipinski definition) is 0. The molecule has 0 N–H and O–H groups in total. The molecule has 0 aliphatic rings. The van der Waals surface area contributed by atoms with Crippen LogP contribution in [0.25, 0.3) is 0 Å². The molecule has 0 fully saturated rings. The van der Waals surface area contributed by atoms with Crippen LogP contribution in [0.3, 0.4) is 0 Å². The number of benzene rings is 2. The summed E-state index contributed by atoms with van der Waals surface area (Å²) in [7, 11) is 0. The minimum absolute atomic E-state index is 0.386. The third-order valence-corrected chi connectivity index (χ3v) is 3.07. The summed E-state index contributed by atoms with van der Waals surface area (Å²) in [4.78, 5) is 0. The largest absolute Gasteiger partial charge is 0.488 e. The zero-order chi connectivity index (χ0) is 13.0. The summed E-state index contributed by atoms with van der Waals surface area (Å²) >= 11 is 9.21. The van der Waals surface area contributed by atoms with Crippen molar-refractivity contribution in [3.63, 3.8) is 0 Å². The molecule has 0 unspecified atom stereocenters. The Kier molecular flexibility index (Phi) is 4.24. The molecular weight excluding hydrogens is 314 g/mol. The van der Waals surface area contributed by atoms with Crippen LogP contribution in [-0.2, 0) is 6.61 Å². The maximum absolute atomic E-state index is 9.01. The first-order valence-electron chi connectivity index (χ1n) is 5.26. The Hall–Kier alpha value is -1.50. The van der Waals surface area contributed by atoms with E-state index in [1.807, 2.05) is 30.3 Å². The number of nitriles is 1. The first-order chi connectivity index (χ1) is 8.69. The molecule has 0 radical (unpaired) electrons. The molecule has 2 aromatic rings. The van der Waals surface area contributed by atoms with Crippen LogP contribution in [0.2, 0.25) is 5.02 Å². The SMILES string of the molecule is N#Cc1cc(Br)ccc1OCc1cccc(Cl)c1. The smallest absolute Gasteiger partial charge is 0.137 e. The lowest BCUT2D eigenvalue weighted by molar-refractivity contribution is 0.305. The van der Waals surface area contributed by atoms with E-state index in [0.717, 1.165) is 10.0 Å². The summed E-state index contributed by atoms with van der Waals surface area (Å²) in [5, 5.41) is 9.69. The highest BCUT2D eigenvalue weighted by molar-refractivity contribution is 9.10. The van der Waals surface area contributed by atoms with Gasteiger partial charge in [0.05, 0.1) is 5.56 Å². The highest BCUT2D eigenvalue weighted by Gasteiger charge is 2.04. The third kappa shape index (κ3) is 3.25. The van der Waals surface area contributed by atoms with E-state index >= 15 is 0 Å². The Morgan fingerprint density at radius 1 is 1.22 bits per heavy atom. The van der Waals surface area contributed by atoms with Crippen molar-refractivity contribution in [3.05, 3.63) is 63.1 Å². The van der Waals surface area contributed by atoms with Gasteiger partial charge in [-0.05, 0) is 35.9 Å². The number of nitrogens with zero attached hydrogens (tertiary/aromatic N) is 1. The standard InChI is InChI=1S/C14H9BrClNO/c15-12-4-5-14(11(7-12)8-17)18-9-10-2-1-3-13(16)6-10/h1-7H,9H2. The van der Waals surface area contributed by atoms with E-state index in [1.54, 1.807) is 12.1 Å². The van der Waals surface area contributed by atoms with E-state index in [4.69, 9.17) is 21.6 Å². The average Bonchev–Trinajstić information content (AvgIpc) is 2.37. The van der Waals surface area contributed by atoms with Gasteiger partial charge in [-0.25, -0.2) is 0 Å². The van der Waals surface area contributed by atoms with Crippen molar-refractivity contribution in [3.8, 4) is 11.8 Å². The van der Waals surface area contributed by atoms with E-state index in [9.17, 15) is 0 Å². The van der Waals surface area contributed by atoms with E-state index in [1.165, 1.54) is 0 Å². The van der Waals surface area contributed by atoms with Crippen LogP contribution < -0.4 is 4.74 Å². The predicted molar refractivity (Wildman–Crippen MR) is 74.6 cm³/mol. The van der Waals surface area contributed by atoms with Gasteiger partial charge in [0.25, 0.3) is 0 Å². The Balaban J connectivity index is 2.14. The molecule has 2 rings (SSSR count). The Morgan fingerprint density at radius 3 is 2.78 bits per heavy atom. The number of halogens is 2. The fourth-order valence-corrected chi connectivity index (χ4v) is 2.08. The number of hydrogen-bond acceptors (Lipinski definition) is 2. The molecule has 0 aliphatic carbocycles. The monoisotopic (exact) mass is 321 g/mol. The zero-order valence-electron chi connectivity index (χ0n) is 9.36. The molecule has 2 aromatic carbocycles. The van der Waals surface area contributed by atoms with Gasteiger partial charge in [-0.3, -0.25) is 0 Å². The number of ether oxygens (including phenoxy) is 1. The zero-order valence-corrected chi connectivity index (χ0v) is 11.7. The van der Waals surface area contributed by atoms with E-state index in [-0.39, 0.29) is 0 Å². The maximum atomic E-state index is 9.01. The topological polar surface area (TPSA) is 33.0 Å². The fraction of sp³-hybridized carbons (Fsp3) is 0.0714. The molecule has 0 saturated heterocycles. The molecule has 0 saturated carbocycles. The molecule has 0 heterocycles. The summed E-state index contributed by atoms with van der Waals surface area (Å²) in [6.07, 6.45) is 0. The minimum Gasteiger partial charge on any atom is -0.488 e. The molecule has 18 heavy (non-hydrogen) atoms. The van der Waals surface area contributed by atoms with Gasteiger partial charge in [0, 0.05) is 9.50 Å². The van der Waals surface area contributed by atoms with Gasteiger partial charge in [-0.2, -0.15) is 5.26 Å². The molecule has 0 aromatic heterocycles. The second-order valence-electron chi connectivity index (χ2n) is 3.67. The fourth-order valence-electron chi connectivity index (χ4n) is 1.50. The van der Waals surface area contributed by atoms with Crippen LogP contribution in [0.4, 0.5) is 0 Å². The van der Waals surface area contributed by atoms with E-state index in [0.29, 0.717) is 22.9 Å². The molecule has 0 aliphatic heterocycles. The molecule has 4 heteroatoms. The summed E-state index contributed by atoms with van der Waals surface area (Å²) in [6.45, 7) is 0.386. The van der Waals surface area contributed by atoms with Crippen molar-refractivity contribution < 1.29 is 4.74 Å². The summed E-state index contributed by atoms with van der Waals surface area (Å²) < 4.78 is 6.48. The normalized spacial score (nSPS) is 9.83. The van der Waals surface area contributed by atoms with E-state index < -0.39 is 0 Å². The van der Waals surface area contributed by atoms with Gasteiger partial charge >= 0.3 is 0 Å². The lowest BCUT2D eigenvalue weighted by Gasteiger charge is -2.08. The Morgan fingerprint density at radius 2 is 2.06 bits per heavy atom. The Bertz CT molecular complexity index is 607. The average molecular weight is 323 g/mol. The molecule has 2 nitrogen and oxygen atoms in total. The predicted octanol–water partition coefficient (Wildman–Crippen LogP) is 4.55. The molecular formula is C14H9BrClNO. The molecule has 0 atom stereocenters. The molecule has 0 amide bonds. The first-order valence-corrected chi connectivity index (χ1v) is 6.43. The van der Waals surface area contributed by atoms with Crippen molar-refractivity contribution in [2.24, 2.45) is 0 Å². The highest BCUT2D eigenvalue weighted by atomic mass is 79.9. The first kappa shape index (κ1) is 12.9. The van der Waals surface area contributed by atoms with Crippen LogP contribution in [0.5, 0.6) is 5.75 Å². The quantitative estimate of drug-likeness (QED) is 0.830. The lowest BCUT2D eigenvalue weighted by Crippen LogP contribution is -1.97. The van der Waals surface area contributed by atoms with Gasteiger partial charge < -0.3 is 4.74 Å². The second-order valence-corrected chi connectivity index (χ2v) is 5.02. The Labute approximate surface area is 119 Å². The minimum atomic E-state index is 0.386. The molecule has 0 bridgehead atoms. The van der Waals surface area contributed by atoms with Gasteiger partial charge in [-0.15, -0.1) is 0 Å². The molecule has 90 valence electrons. The maximum Gasteiger partial charge on any atom is 0.137 e. The second kappa shape index (κ2) is 5.90. The van der Waals surface area contributed by atoms with Gasteiger partial charge in [0.2, 0.25) is 0 Å². The van der Waals surface area contributed by atoms with Crippen molar-refractivity contribution >= 4 is 27.5 Å². The highest BCUT2D eigenvalue weighted by Crippen LogP contribution is 2.23. The van der Waals surface area contributed by atoms with Crippen LogP contribution >= 0.6 is 27.5 Å². The van der Waals surface area contributed by atoms with E-state index in [2.05, 4.69) is 22.0 Å². The summed E-state index contributed by atoms with van der Waals surface area (Å²) in [5.74, 6) is 0.570. The van der Waals surface area contributed by atoms with Crippen LogP contribution in [0, 0.1) is 11.3 Å². The summed E-state index contributed by atoms with van der Waals surface area (Å²) in [5.41, 5.74) is 1.47. The van der Waals surface area contributed by atoms with Gasteiger partial charge in [0.1, 0.15) is 18.4 Å². The number of rotatable bonds is 3. The van der Waals surface area contributed by atoms with Crippen LogP contribution in [0.1, 0.15) is 11.1 Å². The van der Waals surface area contributed by atoms with Crippen molar-refractivity contribution in [2.45, 2.75) is 6.61 Å².